The quantitative estimate of drug-likeness (QED) is 0.335. The summed E-state index contributed by atoms with van der Waals surface area (Å²) in [5.74, 6) is 0. The van der Waals surface area contributed by atoms with Crippen LogP contribution in [0.5, 0.6) is 0 Å². The van der Waals surface area contributed by atoms with Gasteiger partial charge in [-0.2, -0.15) is 0 Å². The van der Waals surface area contributed by atoms with E-state index >= 15 is 0 Å². The first kappa shape index (κ1) is 20.0. The molecule has 0 spiro atoms. The maximum Gasteiger partial charge on any atom is 0.410 e. The van der Waals surface area contributed by atoms with Crippen molar-refractivity contribution in [3.05, 3.63) is 0 Å². The average molecular weight is 425 g/mol. The van der Waals surface area contributed by atoms with Crippen molar-refractivity contribution in [1.29, 1.82) is 0 Å². The molecule has 22 heavy (non-hydrogen) atoms. The van der Waals surface area contributed by atoms with Crippen molar-refractivity contribution in [3.63, 3.8) is 0 Å². The number of carbonyl (C=O) groups is 1. The third-order valence-corrected chi connectivity index (χ3v) is 4.92. The van der Waals surface area contributed by atoms with E-state index in [2.05, 4.69) is 36.4 Å². The highest BCUT2D eigenvalue weighted by Gasteiger charge is 2.37. The minimum atomic E-state index is -0.441. The van der Waals surface area contributed by atoms with Gasteiger partial charge in [-0.25, -0.2) is 4.79 Å². The van der Waals surface area contributed by atoms with Gasteiger partial charge in [0.2, 0.25) is 0 Å². The van der Waals surface area contributed by atoms with Crippen molar-refractivity contribution >= 4 is 28.7 Å². The van der Waals surface area contributed by atoms with E-state index in [-0.39, 0.29) is 18.3 Å². The third kappa shape index (κ3) is 7.49. The molecule has 1 heterocycles. The van der Waals surface area contributed by atoms with Crippen molar-refractivity contribution in [2.24, 2.45) is 0 Å². The molecule has 130 valence electrons. The van der Waals surface area contributed by atoms with Crippen molar-refractivity contribution in [1.82, 2.24) is 4.90 Å². The average Bonchev–Trinajstić information content (AvgIpc) is 2.74. The van der Waals surface area contributed by atoms with E-state index in [0.29, 0.717) is 17.0 Å². The third-order valence-electron chi connectivity index (χ3n) is 3.72. The summed E-state index contributed by atoms with van der Waals surface area (Å²) in [7, 11) is 0. The lowest BCUT2D eigenvalue weighted by Gasteiger charge is -2.24. The number of alkyl halides is 1. The number of rotatable bonds is 7. The minimum Gasteiger partial charge on any atom is -0.444 e. The number of carbonyl (C=O) groups excluding carboxylic acids is 1. The van der Waals surface area contributed by atoms with Gasteiger partial charge >= 0.3 is 6.09 Å². The Morgan fingerprint density at radius 1 is 1.27 bits per heavy atom. The Morgan fingerprint density at radius 2 is 1.95 bits per heavy atom. The van der Waals surface area contributed by atoms with Crippen molar-refractivity contribution in [2.45, 2.75) is 88.5 Å². The van der Waals surface area contributed by atoms with Gasteiger partial charge in [0, 0.05) is 6.54 Å². The van der Waals surface area contributed by atoms with Gasteiger partial charge in [-0.05, 0) is 34.1 Å². The van der Waals surface area contributed by atoms with E-state index in [0.717, 1.165) is 6.42 Å². The monoisotopic (exact) mass is 425 g/mol. The Hall–Kier alpha value is -0.0400. The summed E-state index contributed by atoms with van der Waals surface area (Å²) in [6, 6.07) is 0. The van der Waals surface area contributed by atoms with Gasteiger partial charge in [0.1, 0.15) is 5.60 Å². The molecule has 1 amide bonds. The van der Waals surface area contributed by atoms with Crippen LogP contribution in [-0.2, 0) is 9.47 Å². The highest BCUT2D eigenvalue weighted by molar-refractivity contribution is 14.1. The number of unbranched alkanes of at least 4 members (excludes halogenated alkanes) is 3. The second-order valence-electron chi connectivity index (χ2n) is 7.24. The smallest absolute Gasteiger partial charge is 0.410 e. The zero-order valence-electron chi connectivity index (χ0n) is 14.7. The van der Waals surface area contributed by atoms with Gasteiger partial charge in [0.15, 0.2) is 0 Å². The summed E-state index contributed by atoms with van der Waals surface area (Å²) in [6.07, 6.45) is 6.33. The largest absolute Gasteiger partial charge is 0.444 e. The first-order chi connectivity index (χ1) is 10.2. The fourth-order valence-electron chi connectivity index (χ4n) is 2.56. The van der Waals surface area contributed by atoms with E-state index in [1.807, 2.05) is 20.8 Å². The first-order valence-electron chi connectivity index (χ1n) is 8.50. The maximum atomic E-state index is 12.1. The van der Waals surface area contributed by atoms with Crippen LogP contribution in [0.25, 0.3) is 0 Å². The molecule has 3 unspecified atom stereocenters. The number of amides is 1. The molecule has 0 saturated carbocycles. The molecule has 1 rings (SSSR count). The number of likely N-dealkylation sites (tertiary alicyclic amines) is 1. The Morgan fingerprint density at radius 3 is 2.55 bits per heavy atom. The van der Waals surface area contributed by atoms with Crippen LogP contribution in [0.1, 0.15) is 66.7 Å². The molecule has 0 aromatic heterocycles. The van der Waals surface area contributed by atoms with Crippen molar-refractivity contribution < 1.29 is 14.3 Å². The van der Waals surface area contributed by atoms with Gasteiger partial charge in [0.05, 0.1) is 22.7 Å². The molecule has 3 atom stereocenters. The van der Waals surface area contributed by atoms with E-state index in [1.165, 1.54) is 25.7 Å². The summed E-state index contributed by atoms with van der Waals surface area (Å²) >= 11 is 2.39. The fourth-order valence-corrected chi connectivity index (χ4v) is 3.44. The lowest BCUT2D eigenvalue weighted by Crippen LogP contribution is -2.36. The van der Waals surface area contributed by atoms with Crippen LogP contribution in [0, 0.1) is 0 Å². The van der Waals surface area contributed by atoms with Gasteiger partial charge < -0.3 is 14.4 Å². The predicted molar refractivity (Wildman–Crippen MR) is 98.7 cm³/mol. The number of nitrogens with zero attached hydrogens (tertiary/aromatic N) is 1. The lowest BCUT2D eigenvalue weighted by atomic mass is 10.1. The van der Waals surface area contributed by atoms with Crippen LogP contribution in [0.2, 0.25) is 0 Å². The first-order valence-corrected chi connectivity index (χ1v) is 9.75. The molecule has 1 saturated heterocycles. The normalized spacial score (nSPS) is 23.6. The summed E-state index contributed by atoms with van der Waals surface area (Å²) in [5.41, 5.74) is -0.441. The molecular weight excluding hydrogens is 393 g/mol. The molecule has 0 radical (unpaired) electrons. The maximum absolute atomic E-state index is 12.1. The molecule has 0 bridgehead atoms. The molecular formula is C17H32INO3. The molecule has 0 aromatic carbocycles. The zero-order chi connectivity index (χ0) is 16.8. The highest BCUT2D eigenvalue weighted by atomic mass is 127. The van der Waals surface area contributed by atoms with Crippen molar-refractivity contribution in [3.8, 4) is 0 Å². The minimum absolute atomic E-state index is 0.120. The fraction of sp³-hybridized carbons (Fsp3) is 0.941. The van der Waals surface area contributed by atoms with Crippen LogP contribution >= 0.6 is 22.6 Å². The summed E-state index contributed by atoms with van der Waals surface area (Å²) in [4.78, 5) is 13.9. The van der Waals surface area contributed by atoms with E-state index < -0.39 is 5.60 Å². The number of ether oxygens (including phenoxy) is 2. The van der Waals surface area contributed by atoms with E-state index in [4.69, 9.17) is 9.47 Å². The summed E-state index contributed by atoms with van der Waals surface area (Å²) in [6.45, 7) is 11.4. The molecule has 1 fully saturated rings. The molecule has 0 aromatic rings. The molecule has 1 aliphatic heterocycles. The van der Waals surface area contributed by atoms with Crippen molar-refractivity contribution in [2.75, 3.05) is 13.1 Å². The van der Waals surface area contributed by atoms with Gasteiger partial charge in [-0.1, -0.05) is 55.2 Å². The van der Waals surface area contributed by atoms with E-state index in [1.54, 1.807) is 4.90 Å². The van der Waals surface area contributed by atoms with Crippen LogP contribution in [0.4, 0.5) is 4.79 Å². The van der Waals surface area contributed by atoms with Crippen LogP contribution in [-0.4, -0.2) is 45.8 Å². The van der Waals surface area contributed by atoms with Gasteiger partial charge in [-0.3, -0.25) is 0 Å². The number of halogens is 1. The zero-order valence-corrected chi connectivity index (χ0v) is 16.9. The van der Waals surface area contributed by atoms with Gasteiger partial charge in [0.25, 0.3) is 0 Å². The predicted octanol–water partition coefficient (Wildman–Crippen LogP) is 4.78. The standard InChI is InChI=1S/C17H32INO3/c1-6-7-8-9-10-13(2)21-15-12-19(11-14(15)18)16(20)22-17(3,4)5/h13-15H,6-12H2,1-5H3. The summed E-state index contributed by atoms with van der Waals surface area (Å²) in [5, 5.41) is 0. The second-order valence-corrected chi connectivity index (χ2v) is 8.84. The topological polar surface area (TPSA) is 38.8 Å². The van der Waals surface area contributed by atoms with Gasteiger partial charge in [-0.15, -0.1) is 0 Å². The second kappa shape index (κ2) is 9.30. The molecule has 1 aliphatic rings. The Bertz CT molecular complexity index is 343. The summed E-state index contributed by atoms with van der Waals surface area (Å²) < 4.78 is 11.9. The molecule has 0 aliphatic carbocycles. The molecule has 5 heteroatoms. The lowest BCUT2D eigenvalue weighted by molar-refractivity contribution is -0.00425. The molecule has 4 nitrogen and oxygen atoms in total. The molecule has 0 N–H and O–H groups in total. The Kier molecular flexibility index (Phi) is 8.46. The van der Waals surface area contributed by atoms with Crippen LogP contribution in [0.3, 0.4) is 0 Å². The van der Waals surface area contributed by atoms with Crippen LogP contribution in [0.15, 0.2) is 0 Å². The Labute approximate surface area is 149 Å². The van der Waals surface area contributed by atoms with E-state index in [9.17, 15) is 4.79 Å². The SMILES string of the molecule is CCCCCCC(C)OC1CN(C(=O)OC(C)(C)C)CC1I. The highest BCUT2D eigenvalue weighted by Crippen LogP contribution is 2.25. The van der Waals surface area contributed by atoms with Crippen LogP contribution < -0.4 is 0 Å². The Balaban J connectivity index is 2.35. The number of hydrogen-bond donors (Lipinski definition) is 0. The number of hydrogen-bond acceptors (Lipinski definition) is 3.